The molecule has 7 aliphatic carbocycles. The van der Waals surface area contributed by atoms with Gasteiger partial charge in [-0.2, -0.15) is 15.8 Å². The molecule has 0 aromatic rings. The lowest BCUT2D eigenvalue weighted by atomic mass is 9.58. The smallest absolute Gasteiger partial charge is 0.0943 e. The summed E-state index contributed by atoms with van der Waals surface area (Å²) in [6.07, 6.45) is 48.0. The maximum atomic E-state index is 10.1. The molecule has 5 fully saturated rings. The fourth-order valence-corrected chi connectivity index (χ4v) is 16.2. The summed E-state index contributed by atoms with van der Waals surface area (Å²) in [7, 11) is 0. The van der Waals surface area contributed by atoms with Crippen molar-refractivity contribution in [2.45, 2.75) is 153 Å². The van der Waals surface area contributed by atoms with Gasteiger partial charge < -0.3 is 10.2 Å². The van der Waals surface area contributed by atoms with Crippen LogP contribution in [0.15, 0.2) is 83.2 Å². The molecule has 2 saturated carbocycles. The van der Waals surface area contributed by atoms with Gasteiger partial charge in [0.15, 0.2) is 0 Å². The van der Waals surface area contributed by atoms with E-state index in [0.717, 1.165) is 56.1 Å². The van der Waals surface area contributed by atoms with Gasteiger partial charge in [0.25, 0.3) is 0 Å². The first-order chi connectivity index (χ1) is 30.1. The molecule has 7 heteroatoms. The Bertz CT molecular complexity index is 2020. The van der Waals surface area contributed by atoms with E-state index in [2.05, 4.69) is 99.4 Å². The lowest BCUT2D eigenvalue weighted by molar-refractivity contribution is -0.0268. The van der Waals surface area contributed by atoms with Crippen LogP contribution in [0, 0.1) is 105 Å². The number of allylic oxidation sites excluding steroid dienone is 10. The molecule has 0 amide bonds. The van der Waals surface area contributed by atoms with E-state index in [0.29, 0.717) is 65.8 Å². The zero-order valence-electron chi connectivity index (χ0n) is 36.5. The van der Waals surface area contributed by atoms with Crippen LogP contribution in [-0.2, 0) is 0 Å². The molecule has 61 heavy (non-hydrogen) atoms. The minimum Gasteiger partial charge on any atom is -0.352 e. The molecule has 2 N–H and O–H groups in total. The van der Waals surface area contributed by atoms with E-state index in [4.69, 9.17) is 0 Å². The van der Waals surface area contributed by atoms with Gasteiger partial charge in [-0.15, -0.1) is 0 Å². The summed E-state index contributed by atoms with van der Waals surface area (Å²) >= 11 is 0. The minimum atomic E-state index is -0.0911. The molecule has 7 nitrogen and oxygen atoms in total. The highest BCUT2D eigenvalue weighted by atomic mass is 15.4. The van der Waals surface area contributed by atoms with Gasteiger partial charge in [-0.05, 0) is 181 Å². The van der Waals surface area contributed by atoms with Crippen molar-refractivity contribution >= 4 is 0 Å². The average molecular weight is 816 g/mol. The second kappa shape index (κ2) is 17.1. The summed E-state index contributed by atoms with van der Waals surface area (Å²) in [4.78, 5) is 5.79. The fourth-order valence-electron chi connectivity index (χ4n) is 16.2. The molecule has 0 spiro atoms. The monoisotopic (exact) mass is 816 g/mol. The van der Waals surface area contributed by atoms with E-state index in [1.54, 1.807) is 5.57 Å². The Kier molecular flexibility index (Phi) is 11.3. The number of likely N-dealkylation sites (tertiary alicyclic amines) is 1. The van der Waals surface area contributed by atoms with E-state index in [1.807, 2.05) is 0 Å². The molecule has 0 bridgehead atoms. The summed E-state index contributed by atoms with van der Waals surface area (Å²) in [5.74, 6) is 6.45. The Hall–Kier alpha value is -3.67. The Balaban J connectivity index is 0.937. The first-order valence-corrected chi connectivity index (χ1v) is 25.2. The van der Waals surface area contributed by atoms with Crippen molar-refractivity contribution in [1.29, 1.82) is 15.8 Å². The van der Waals surface area contributed by atoms with E-state index >= 15 is 0 Å². The molecular weight excluding hydrogens is 747 g/mol. The first kappa shape index (κ1) is 40.1. The average Bonchev–Trinajstić information content (AvgIpc) is 4.02. The predicted molar refractivity (Wildman–Crippen MR) is 240 cm³/mol. The molecule has 3 saturated heterocycles. The number of nitrogens with zero attached hydrogens (tertiary/aromatic N) is 5. The largest absolute Gasteiger partial charge is 0.352 e. The summed E-state index contributed by atoms with van der Waals surface area (Å²) in [5, 5.41) is 38.5. The topological polar surface area (TPSA) is 102 Å². The summed E-state index contributed by atoms with van der Waals surface area (Å²) in [6.45, 7) is 1.13. The Morgan fingerprint density at radius 1 is 0.721 bits per heavy atom. The molecule has 11 rings (SSSR count). The molecule has 4 heterocycles. The van der Waals surface area contributed by atoms with Crippen LogP contribution in [0.25, 0.3) is 0 Å². The van der Waals surface area contributed by atoms with Crippen LogP contribution >= 0.6 is 0 Å². The summed E-state index contributed by atoms with van der Waals surface area (Å²) < 4.78 is 0. The van der Waals surface area contributed by atoms with Gasteiger partial charge in [0.05, 0.1) is 42.6 Å². The second-order valence-electron chi connectivity index (χ2n) is 21.4. The normalized spacial score (nSPS) is 45.5. The van der Waals surface area contributed by atoms with Crippen molar-refractivity contribution in [2.24, 2.45) is 71.0 Å². The van der Waals surface area contributed by atoms with Gasteiger partial charge in [0.2, 0.25) is 0 Å². The van der Waals surface area contributed by atoms with Crippen molar-refractivity contribution in [2.75, 3.05) is 6.54 Å². The standard InChI is InChI=1S/C54H69N7/c55-31-34-17-21-37(22-18-34)39-9-1-3-11-41(39)43-13-5-6-14-44(43)42-12-4-2-10-40(42)38-29-52(59-53(30-38)61-49-16-8-7-15-45(49)46-25-26-58-54(46)61)60-50-23-19-35(32-56)27-47(50)48-28-36(33-57)20-24-51(48)60/h1,5-6,8-9,13,16,19,23,28,34-35,37-42,44-46,48-49,51-54,58-59H,2-4,7,10-12,14-15,17-18,20-22,24-27,29-30H2. The van der Waals surface area contributed by atoms with Crippen LogP contribution in [0.2, 0.25) is 0 Å². The zero-order chi connectivity index (χ0) is 41.0. The van der Waals surface area contributed by atoms with Crippen molar-refractivity contribution in [1.82, 2.24) is 20.4 Å². The third-order valence-corrected chi connectivity index (χ3v) is 18.8. The molecule has 4 aliphatic heterocycles. The van der Waals surface area contributed by atoms with Crippen LogP contribution in [0.5, 0.6) is 0 Å². The number of hydrogen-bond acceptors (Lipinski definition) is 7. The Morgan fingerprint density at radius 3 is 2.41 bits per heavy atom. The summed E-state index contributed by atoms with van der Waals surface area (Å²) in [5.41, 5.74) is 5.46. The maximum Gasteiger partial charge on any atom is 0.0943 e. The fraction of sp³-hybridized carbons (Fsp3) is 0.685. The highest BCUT2D eigenvalue weighted by Crippen LogP contribution is 2.55. The third-order valence-electron chi connectivity index (χ3n) is 18.8. The van der Waals surface area contributed by atoms with Crippen LogP contribution in [0.1, 0.15) is 122 Å². The number of piperidine rings is 1. The van der Waals surface area contributed by atoms with E-state index in [-0.39, 0.29) is 23.9 Å². The van der Waals surface area contributed by atoms with Gasteiger partial charge in [0.1, 0.15) is 0 Å². The van der Waals surface area contributed by atoms with E-state index < -0.39 is 0 Å². The van der Waals surface area contributed by atoms with Gasteiger partial charge in [-0.1, -0.05) is 73.1 Å². The van der Waals surface area contributed by atoms with Gasteiger partial charge >= 0.3 is 0 Å². The van der Waals surface area contributed by atoms with Crippen molar-refractivity contribution in [3.05, 3.63) is 83.2 Å². The number of nitriles is 3. The second-order valence-corrected chi connectivity index (χ2v) is 21.4. The SMILES string of the molecule is N#CC1=CC2C3=C(C=CC(C#N)C3)N(C3CC(C4CCCCC4C4CC=CC=C4C4CCC=CC4C4CCC(C#N)CC4)CC(N4C5C=CCCC5C5CCNC54)N3)C2CC1. The molecule has 0 aromatic carbocycles. The highest BCUT2D eigenvalue weighted by Gasteiger charge is 2.56. The lowest BCUT2D eigenvalue weighted by Crippen LogP contribution is -2.65. The minimum absolute atomic E-state index is 0.0911. The number of rotatable bonds is 6. The number of fused-ring (bicyclic) bond motifs is 5. The highest BCUT2D eigenvalue weighted by molar-refractivity contribution is 5.44. The Labute approximate surface area is 366 Å². The molecule has 320 valence electrons. The summed E-state index contributed by atoms with van der Waals surface area (Å²) in [6, 6.07) is 8.55. The van der Waals surface area contributed by atoms with Gasteiger partial charge in [-0.25, -0.2) is 0 Å². The Morgan fingerprint density at radius 2 is 1.56 bits per heavy atom. The molecular formula is C54H69N7. The van der Waals surface area contributed by atoms with Crippen LogP contribution in [0.3, 0.4) is 0 Å². The van der Waals surface area contributed by atoms with Crippen molar-refractivity contribution in [3.8, 4) is 18.2 Å². The third kappa shape index (κ3) is 7.17. The van der Waals surface area contributed by atoms with Crippen LogP contribution in [0.4, 0.5) is 0 Å². The quantitative estimate of drug-likeness (QED) is 0.258. The lowest BCUT2D eigenvalue weighted by Gasteiger charge is -2.53. The number of hydrogen-bond donors (Lipinski definition) is 2. The molecule has 0 radical (unpaired) electrons. The molecule has 0 aromatic heterocycles. The van der Waals surface area contributed by atoms with Crippen LogP contribution in [-0.4, -0.2) is 46.9 Å². The molecule has 15 atom stereocenters. The van der Waals surface area contributed by atoms with Crippen molar-refractivity contribution in [3.63, 3.8) is 0 Å². The van der Waals surface area contributed by atoms with Crippen molar-refractivity contribution < 1.29 is 0 Å². The van der Waals surface area contributed by atoms with Crippen LogP contribution < -0.4 is 10.6 Å². The van der Waals surface area contributed by atoms with E-state index in [1.165, 1.54) is 101 Å². The van der Waals surface area contributed by atoms with Gasteiger partial charge in [-0.3, -0.25) is 10.2 Å². The zero-order valence-corrected chi connectivity index (χ0v) is 36.5. The van der Waals surface area contributed by atoms with E-state index in [9.17, 15) is 15.8 Å². The maximum absolute atomic E-state index is 10.1. The van der Waals surface area contributed by atoms with Gasteiger partial charge in [0, 0.05) is 35.2 Å². The first-order valence-electron chi connectivity index (χ1n) is 25.2. The molecule has 11 aliphatic rings. The predicted octanol–water partition coefficient (Wildman–Crippen LogP) is 10.3. The molecule has 15 unspecified atom stereocenters. The number of nitrogens with one attached hydrogen (secondary N) is 2.